The second-order valence-electron chi connectivity index (χ2n) is 7.18. The van der Waals surface area contributed by atoms with E-state index >= 15 is 0 Å². The lowest BCUT2D eigenvalue weighted by Crippen LogP contribution is -2.39. The average Bonchev–Trinajstić information content (AvgIpc) is 3.36. The molecule has 0 radical (unpaired) electrons. The van der Waals surface area contributed by atoms with E-state index in [2.05, 4.69) is 50.0 Å². The van der Waals surface area contributed by atoms with Crippen molar-refractivity contribution in [3.8, 4) is 0 Å². The van der Waals surface area contributed by atoms with Crippen LogP contribution in [0.4, 0.5) is 0 Å². The third-order valence-corrected chi connectivity index (χ3v) is 5.41. The van der Waals surface area contributed by atoms with Crippen LogP contribution in [-0.4, -0.2) is 36.8 Å². The highest BCUT2D eigenvalue weighted by Crippen LogP contribution is 2.24. The van der Waals surface area contributed by atoms with Crippen molar-refractivity contribution in [2.45, 2.75) is 51.4 Å². The van der Waals surface area contributed by atoms with E-state index in [-0.39, 0.29) is 0 Å². The molecule has 1 fully saturated rings. The zero-order chi connectivity index (χ0) is 17.6. The summed E-state index contributed by atoms with van der Waals surface area (Å²) in [6.07, 6.45) is 14.9. The van der Waals surface area contributed by atoms with E-state index in [1.807, 2.05) is 35.7 Å². The fraction of sp³-hybridized carbons (Fsp3) is 0.429. The van der Waals surface area contributed by atoms with Crippen LogP contribution in [0, 0.1) is 0 Å². The Hall–Kier alpha value is -2.40. The van der Waals surface area contributed by atoms with E-state index in [0.717, 1.165) is 19.6 Å². The Kier molecular flexibility index (Phi) is 5.45. The molecule has 136 valence electrons. The van der Waals surface area contributed by atoms with E-state index < -0.39 is 0 Å². The van der Waals surface area contributed by atoms with Gasteiger partial charge in [0.25, 0.3) is 0 Å². The molecule has 1 aliphatic rings. The van der Waals surface area contributed by atoms with Crippen LogP contribution in [0.15, 0.2) is 61.4 Å². The molecule has 0 saturated carbocycles. The van der Waals surface area contributed by atoms with Crippen molar-refractivity contribution in [1.29, 1.82) is 0 Å². The second kappa shape index (κ2) is 8.32. The fourth-order valence-electron chi connectivity index (χ4n) is 3.97. The summed E-state index contributed by atoms with van der Waals surface area (Å²) in [4.78, 5) is 6.84. The lowest BCUT2D eigenvalue weighted by Gasteiger charge is -2.36. The van der Waals surface area contributed by atoms with Crippen molar-refractivity contribution in [3.05, 3.63) is 72.6 Å². The van der Waals surface area contributed by atoms with Crippen LogP contribution in [0.3, 0.4) is 0 Å². The van der Waals surface area contributed by atoms with Crippen LogP contribution < -0.4 is 0 Å². The van der Waals surface area contributed by atoms with Crippen molar-refractivity contribution in [1.82, 2.24) is 24.2 Å². The molecule has 4 rings (SSSR count). The molecule has 1 atom stereocenters. The number of piperidine rings is 1. The highest BCUT2D eigenvalue weighted by Gasteiger charge is 2.23. The van der Waals surface area contributed by atoms with Gasteiger partial charge in [0.15, 0.2) is 0 Å². The number of hydrogen-bond donors (Lipinski definition) is 0. The number of benzene rings is 1. The summed E-state index contributed by atoms with van der Waals surface area (Å²) in [5, 5.41) is 4.37. The van der Waals surface area contributed by atoms with E-state index in [1.165, 1.54) is 43.4 Å². The van der Waals surface area contributed by atoms with E-state index in [1.54, 1.807) is 0 Å². The number of imidazole rings is 1. The Balaban J connectivity index is 1.44. The summed E-state index contributed by atoms with van der Waals surface area (Å²) in [7, 11) is 0. The zero-order valence-electron chi connectivity index (χ0n) is 15.2. The number of nitrogens with zero attached hydrogens (tertiary/aromatic N) is 5. The summed E-state index contributed by atoms with van der Waals surface area (Å²) in [5.41, 5.74) is 2.80. The average molecular weight is 349 g/mol. The lowest BCUT2D eigenvalue weighted by atomic mass is 9.97. The van der Waals surface area contributed by atoms with E-state index in [0.29, 0.717) is 6.04 Å². The van der Waals surface area contributed by atoms with Gasteiger partial charge in [0.05, 0.1) is 12.9 Å². The molecule has 3 aromatic rings. The van der Waals surface area contributed by atoms with E-state index in [4.69, 9.17) is 0 Å². The summed E-state index contributed by atoms with van der Waals surface area (Å²) < 4.78 is 4.20. The van der Waals surface area contributed by atoms with Gasteiger partial charge in [0.1, 0.15) is 0 Å². The van der Waals surface area contributed by atoms with Crippen molar-refractivity contribution >= 4 is 0 Å². The molecular weight excluding hydrogens is 322 g/mol. The first-order chi connectivity index (χ1) is 12.9. The van der Waals surface area contributed by atoms with E-state index in [9.17, 15) is 0 Å². The molecular formula is C21H27N5. The maximum atomic E-state index is 4.37. The second-order valence-corrected chi connectivity index (χ2v) is 7.18. The summed E-state index contributed by atoms with van der Waals surface area (Å²) in [6.45, 7) is 4.13. The van der Waals surface area contributed by atoms with Gasteiger partial charge < -0.3 is 4.57 Å². The maximum absolute atomic E-state index is 4.37. The Bertz CT molecular complexity index is 779. The van der Waals surface area contributed by atoms with Gasteiger partial charge in [0.2, 0.25) is 0 Å². The molecule has 1 aromatic carbocycles. The third kappa shape index (κ3) is 4.22. The van der Waals surface area contributed by atoms with Crippen LogP contribution in [0.2, 0.25) is 0 Å². The van der Waals surface area contributed by atoms with Crippen LogP contribution in [0.1, 0.15) is 36.8 Å². The van der Waals surface area contributed by atoms with Gasteiger partial charge in [-0.1, -0.05) is 30.7 Å². The molecule has 0 N–H and O–H groups in total. The van der Waals surface area contributed by atoms with Crippen LogP contribution in [0.5, 0.6) is 0 Å². The highest BCUT2D eigenvalue weighted by molar-refractivity contribution is 5.27. The van der Waals surface area contributed by atoms with Gasteiger partial charge in [-0.15, -0.1) is 0 Å². The van der Waals surface area contributed by atoms with Crippen molar-refractivity contribution in [2.24, 2.45) is 0 Å². The first-order valence-electron chi connectivity index (χ1n) is 9.62. The van der Waals surface area contributed by atoms with Crippen molar-refractivity contribution in [3.63, 3.8) is 0 Å². The molecule has 0 amide bonds. The quantitative estimate of drug-likeness (QED) is 0.654. The van der Waals surface area contributed by atoms with Crippen molar-refractivity contribution < 1.29 is 0 Å². The van der Waals surface area contributed by atoms with Gasteiger partial charge in [-0.2, -0.15) is 5.10 Å². The number of hydrogen-bond acceptors (Lipinski definition) is 3. The number of rotatable bonds is 7. The van der Waals surface area contributed by atoms with Crippen LogP contribution >= 0.6 is 0 Å². The fourth-order valence-corrected chi connectivity index (χ4v) is 3.97. The molecule has 26 heavy (non-hydrogen) atoms. The predicted molar refractivity (Wildman–Crippen MR) is 103 cm³/mol. The molecule has 3 heterocycles. The first-order valence-corrected chi connectivity index (χ1v) is 9.62. The van der Waals surface area contributed by atoms with Gasteiger partial charge in [0, 0.05) is 43.9 Å². The minimum atomic E-state index is 0.656. The third-order valence-electron chi connectivity index (χ3n) is 5.41. The summed E-state index contributed by atoms with van der Waals surface area (Å²) in [5.74, 6) is 0. The minimum absolute atomic E-state index is 0.656. The lowest BCUT2D eigenvalue weighted by molar-refractivity contribution is 0.128. The molecule has 1 saturated heterocycles. The molecule has 0 bridgehead atoms. The Morgan fingerprint density at radius 2 is 1.85 bits per heavy atom. The predicted octanol–water partition coefficient (Wildman–Crippen LogP) is 3.57. The van der Waals surface area contributed by atoms with Gasteiger partial charge >= 0.3 is 0 Å². The molecule has 0 spiro atoms. The van der Waals surface area contributed by atoms with Gasteiger partial charge in [-0.05, 0) is 43.0 Å². The maximum Gasteiger partial charge on any atom is 0.0945 e. The minimum Gasteiger partial charge on any atom is -0.337 e. The Labute approximate surface area is 155 Å². The van der Waals surface area contributed by atoms with Gasteiger partial charge in [-0.25, -0.2) is 4.98 Å². The molecule has 0 aliphatic carbocycles. The number of aryl methyl sites for hydroxylation is 1. The largest absolute Gasteiger partial charge is 0.337 e. The molecule has 5 nitrogen and oxygen atoms in total. The monoisotopic (exact) mass is 349 g/mol. The standard InChI is InChI=1S/C21H27N5/c1-2-7-20(17-26-13-5-10-23-26)19(6-1)16-25-12-4-3-8-21(25)9-14-24-15-11-22-18-24/h1-2,5-7,10-11,13,15,18,21H,3-4,8-9,12,14,16-17H2/t21-/m1/s1. The molecule has 1 aliphatic heterocycles. The molecule has 2 aromatic heterocycles. The first kappa shape index (κ1) is 17.0. The normalized spacial score (nSPS) is 18.2. The zero-order valence-corrected chi connectivity index (χ0v) is 15.2. The summed E-state index contributed by atoms with van der Waals surface area (Å²) >= 11 is 0. The molecule has 5 heteroatoms. The Morgan fingerprint density at radius 3 is 2.62 bits per heavy atom. The van der Waals surface area contributed by atoms with Crippen LogP contribution in [0.25, 0.3) is 0 Å². The summed E-state index contributed by atoms with van der Waals surface area (Å²) in [6, 6.07) is 11.5. The highest BCUT2D eigenvalue weighted by atomic mass is 15.3. The van der Waals surface area contributed by atoms with Gasteiger partial charge in [-0.3, -0.25) is 9.58 Å². The SMILES string of the molecule is c1ccc(Cn2cccn2)c(CN2CCCC[C@@H]2CCn2ccnc2)c1. The smallest absolute Gasteiger partial charge is 0.0945 e. The Morgan fingerprint density at radius 1 is 0.962 bits per heavy atom. The molecule has 0 unspecified atom stereocenters. The topological polar surface area (TPSA) is 38.9 Å². The van der Waals surface area contributed by atoms with Crippen molar-refractivity contribution in [2.75, 3.05) is 6.54 Å². The number of aromatic nitrogens is 4. The van der Waals surface area contributed by atoms with Crippen LogP contribution in [-0.2, 0) is 19.6 Å². The number of likely N-dealkylation sites (tertiary alicyclic amines) is 1.